The first kappa shape index (κ1) is 22.0. The number of hydrogen-bond donors (Lipinski definition) is 2. The summed E-state index contributed by atoms with van der Waals surface area (Å²) in [5, 5.41) is 15.1. The zero-order chi connectivity index (χ0) is 23.8. The molecule has 0 radical (unpaired) electrons. The van der Waals surface area contributed by atoms with Crippen molar-refractivity contribution in [3.8, 4) is 22.4 Å². The van der Waals surface area contributed by atoms with Crippen LogP contribution < -0.4 is 10.6 Å². The molecule has 1 aromatic carbocycles. The quantitative estimate of drug-likeness (QED) is 0.455. The van der Waals surface area contributed by atoms with Crippen LogP contribution in [0.2, 0.25) is 0 Å². The van der Waals surface area contributed by atoms with Gasteiger partial charge in [0.05, 0.1) is 30.1 Å². The fourth-order valence-corrected chi connectivity index (χ4v) is 4.16. The standard InChI is InChI=1S/C24H26FN7O2/c1-4-31-7-5-20(30-31)19-12-32-23(29-22(19)28-16-6-8-34-13-16)18(11-27-32)17-10-15(24(33)26-3)9-14(2)21(17)25/h5,7,9-12,16H,4,6,8,13H2,1-3H3,(H,26,33)(H,28,29)/t16-/m0/s1. The Morgan fingerprint density at radius 3 is 2.85 bits per heavy atom. The van der Waals surface area contributed by atoms with Crippen molar-refractivity contribution in [3.05, 3.63) is 53.7 Å². The molecule has 1 aliphatic heterocycles. The summed E-state index contributed by atoms with van der Waals surface area (Å²) in [5.74, 6) is -0.0642. The SMILES string of the molecule is CCn1ccc(-c2cn3ncc(-c4cc(C(=O)NC)cc(C)c4F)c3nc2N[C@H]2CCOC2)n1. The van der Waals surface area contributed by atoms with Crippen molar-refractivity contribution in [3.63, 3.8) is 0 Å². The number of rotatable bonds is 6. The van der Waals surface area contributed by atoms with Crippen LogP contribution in [0.4, 0.5) is 10.2 Å². The van der Waals surface area contributed by atoms with Gasteiger partial charge < -0.3 is 15.4 Å². The van der Waals surface area contributed by atoms with E-state index in [9.17, 15) is 4.79 Å². The summed E-state index contributed by atoms with van der Waals surface area (Å²) in [6, 6.07) is 5.12. The summed E-state index contributed by atoms with van der Waals surface area (Å²) in [6.45, 7) is 5.69. The molecule has 0 bridgehead atoms. The number of halogens is 1. The average Bonchev–Trinajstić information content (AvgIpc) is 3.61. The third kappa shape index (κ3) is 3.90. The molecule has 0 spiro atoms. The molecule has 1 fully saturated rings. The smallest absolute Gasteiger partial charge is 0.251 e. The van der Waals surface area contributed by atoms with E-state index in [2.05, 4.69) is 20.8 Å². The third-order valence-electron chi connectivity index (χ3n) is 6.04. The van der Waals surface area contributed by atoms with E-state index in [4.69, 9.17) is 9.72 Å². The van der Waals surface area contributed by atoms with Gasteiger partial charge in [0.2, 0.25) is 0 Å². The Kier molecular flexibility index (Phi) is 5.74. The zero-order valence-electron chi connectivity index (χ0n) is 19.3. The Bertz CT molecular complexity index is 1370. The molecule has 1 amide bonds. The number of hydrogen-bond acceptors (Lipinski definition) is 6. The van der Waals surface area contributed by atoms with Gasteiger partial charge in [-0.15, -0.1) is 0 Å². The fourth-order valence-electron chi connectivity index (χ4n) is 4.16. The number of aromatic nitrogens is 5. The minimum Gasteiger partial charge on any atom is -0.379 e. The number of carbonyl (C=O) groups excluding carboxylic acids is 1. The molecule has 5 rings (SSSR count). The molecule has 0 saturated carbocycles. The monoisotopic (exact) mass is 463 g/mol. The lowest BCUT2D eigenvalue weighted by atomic mass is 10.0. The molecule has 1 atom stereocenters. The summed E-state index contributed by atoms with van der Waals surface area (Å²) in [4.78, 5) is 17.1. The molecule has 176 valence electrons. The van der Waals surface area contributed by atoms with Gasteiger partial charge in [0.15, 0.2) is 5.65 Å². The van der Waals surface area contributed by atoms with E-state index >= 15 is 4.39 Å². The Morgan fingerprint density at radius 1 is 1.29 bits per heavy atom. The van der Waals surface area contributed by atoms with Crippen LogP contribution >= 0.6 is 0 Å². The van der Waals surface area contributed by atoms with Gasteiger partial charge in [-0.1, -0.05) is 0 Å². The van der Waals surface area contributed by atoms with E-state index in [1.165, 1.54) is 12.1 Å². The molecular weight excluding hydrogens is 437 g/mol. The summed E-state index contributed by atoms with van der Waals surface area (Å²) >= 11 is 0. The van der Waals surface area contributed by atoms with Crippen LogP contribution in [0.1, 0.15) is 29.3 Å². The number of anilines is 1. The largest absolute Gasteiger partial charge is 0.379 e. The highest BCUT2D eigenvalue weighted by atomic mass is 19.1. The Labute approximate surface area is 195 Å². The molecule has 3 aromatic heterocycles. The van der Waals surface area contributed by atoms with Crippen LogP contribution in [-0.4, -0.2) is 56.6 Å². The van der Waals surface area contributed by atoms with E-state index in [1.807, 2.05) is 30.1 Å². The molecule has 0 unspecified atom stereocenters. The molecule has 2 N–H and O–H groups in total. The number of benzene rings is 1. The van der Waals surface area contributed by atoms with Gasteiger partial charge in [0.1, 0.15) is 11.6 Å². The van der Waals surface area contributed by atoms with Gasteiger partial charge in [0.25, 0.3) is 5.91 Å². The first-order valence-corrected chi connectivity index (χ1v) is 11.3. The maximum Gasteiger partial charge on any atom is 0.251 e. The number of aryl methyl sites for hydroxylation is 2. The van der Waals surface area contributed by atoms with Gasteiger partial charge in [-0.3, -0.25) is 9.48 Å². The lowest BCUT2D eigenvalue weighted by Gasteiger charge is -2.15. The van der Waals surface area contributed by atoms with Crippen molar-refractivity contribution in [1.29, 1.82) is 0 Å². The molecule has 34 heavy (non-hydrogen) atoms. The van der Waals surface area contributed by atoms with Gasteiger partial charge >= 0.3 is 0 Å². The normalized spacial score (nSPS) is 15.7. The van der Waals surface area contributed by atoms with Crippen molar-refractivity contribution in [2.24, 2.45) is 0 Å². The number of amides is 1. The maximum atomic E-state index is 15.2. The van der Waals surface area contributed by atoms with Crippen LogP contribution in [0.25, 0.3) is 28.0 Å². The van der Waals surface area contributed by atoms with Gasteiger partial charge in [0, 0.05) is 49.3 Å². The molecule has 9 nitrogen and oxygen atoms in total. The highest BCUT2D eigenvalue weighted by Crippen LogP contribution is 2.33. The first-order valence-electron chi connectivity index (χ1n) is 11.3. The number of carbonyl (C=O) groups is 1. The fraction of sp³-hybridized carbons (Fsp3) is 0.333. The molecular formula is C24H26FN7O2. The number of nitrogens with one attached hydrogen (secondary N) is 2. The topological polar surface area (TPSA) is 98.4 Å². The van der Waals surface area contributed by atoms with E-state index in [-0.39, 0.29) is 17.5 Å². The molecule has 4 aromatic rings. The van der Waals surface area contributed by atoms with Gasteiger partial charge in [-0.05, 0) is 44.0 Å². The lowest BCUT2D eigenvalue weighted by Crippen LogP contribution is -2.20. The minimum atomic E-state index is -0.408. The van der Waals surface area contributed by atoms with Crippen LogP contribution in [0.15, 0.2) is 36.8 Å². The van der Waals surface area contributed by atoms with Crippen LogP contribution in [0.5, 0.6) is 0 Å². The van der Waals surface area contributed by atoms with E-state index in [1.54, 1.807) is 24.7 Å². The van der Waals surface area contributed by atoms with Crippen molar-refractivity contribution >= 4 is 17.4 Å². The minimum absolute atomic E-state index is 0.115. The Balaban J connectivity index is 1.67. The molecule has 1 saturated heterocycles. The van der Waals surface area contributed by atoms with Crippen LogP contribution in [-0.2, 0) is 11.3 Å². The van der Waals surface area contributed by atoms with Crippen molar-refractivity contribution in [1.82, 2.24) is 29.7 Å². The summed E-state index contributed by atoms with van der Waals surface area (Å²) in [5.41, 5.74) is 3.56. The molecule has 1 aliphatic rings. The van der Waals surface area contributed by atoms with E-state index < -0.39 is 5.82 Å². The predicted octanol–water partition coefficient (Wildman–Crippen LogP) is 3.29. The second-order valence-electron chi connectivity index (χ2n) is 8.32. The Hall–Kier alpha value is -3.79. The second kappa shape index (κ2) is 8.86. The van der Waals surface area contributed by atoms with E-state index in [0.717, 1.165) is 24.2 Å². The average molecular weight is 464 g/mol. The summed E-state index contributed by atoms with van der Waals surface area (Å²) < 4.78 is 24.2. The number of nitrogens with zero attached hydrogens (tertiary/aromatic N) is 5. The first-order chi connectivity index (χ1) is 16.5. The highest BCUT2D eigenvalue weighted by Gasteiger charge is 2.23. The second-order valence-corrected chi connectivity index (χ2v) is 8.32. The lowest BCUT2D eigenvalue weighted by molar-refractivity contribution is 0.0963. The van der Waals surface area contributed by atoms with Crippen LogP contribution in [0, 0.1) is 12.7 Å². The van der Waals surface area contributed by atoms with Gasteiger partial charge in [-0.25, -0.2) is 13.9 Å². The summed E-state index contributed by atoms with van der Waals surface area (Å²) in [7, 11) is 1.55. The molecule has 4 heterocycles. The summed E-state index contributed by atoms with van der Waals surface area (Å²) in [6.07, 6.45) is 6.20. The number of fused-ring (bicyclic) bond motifs is 1. The molecule has 0 aliphatic carbocycles. The third-order valence-corrected chi connectivity index (χ3v) is 6.04. The Morgan fingerprint density at radius 2 is 2.15 bits per heavy atom. The number of ether oxygens (including phenoxy) is 1. The zero-order valence-corrected chi connectivity index (χ0v) is 19.3. The van der Waals surface area contributed by atoms with Gasteiger partial charge in [-0.2, -0.15) is 10.2 Å². The van der Waals surface area contributed by atoms with Crippen LogP contribution in [0.3, 0.4) is 0 Å². The predicted molar refractivity (Wildman–Crippen MR) is 126 cm³/mol. The maximum absolute atomic E-state index is 15.2. The van der Waals surface area contributed by atoms with E-state index in [0.29, 0.717) is 41.4 Å². The molecule has 10 heteroatoms. The van der Waals surface area contributed by atoms with Crippen molar-refractivity contribution in [2.75, 3.05) is 25.6 Å². The highest BCUT2D eigenvalue weighted by molar-refractivity contribution is 5.96. The van der Waals surface area contributed by atoms with Crippen molar-refractivity contribution < 1.29 is 13.9 Å². The van der Waals surface area contributed by atoms with Crippen molar-refractivity contribution in [2.45, 2.75) is 32.9 Å².